The summed E-state index contributed by atoms with van der Waals surface area (Å²) in [5.74, 6) is 2.33. The van der Waals surface area contributed by atoms with Crippen molar-refractivity contribution in [3.8, 4) is 0 Å². The molecule has 0 amide bonds. The molecule has 1 rings (SSSR count). The number of nitrogen functional groups attached to an aromatic ring is 1. The Kier molecular flexibility index (Phi) is 4.66. The number of anilines is 2. The lowest BCUT2D eigenvalue weighted by atomic mass is 10.2. The Bertz CT molecular complexity index is 276. The molecule has 0 bridgehead atoms. The Morgan fingerprint density at radius 2 is 2.07 bits per heavy atom. The SMILES string of the molecule is CCSCCN(C)c1ccccc1N. The number of nitrogens with two attached hydrogens (primary N) is 1. The van der Waals surface area contributed by atoms with Crippen LogP contribution in [0.4, 0.5) is 11.4 Å². The van der Waals surface area contributed by atoms with Gasteiger partial charge in [-0.1, -0.05) is 19.1 Å². The van der Waals surface area contributed by atoms with Crippen LogP contribution < -0.4 is 10.6 Å². The zero-order valence-electron chi connectivity index (χ0n) is 8.86. The van der Waals surface area contributed by atoms with Crippen molar-refractivity contribution in [2.24, 2.45) is 0 Å². The van der Waals surface area contributed by atoms with Crippen molar-refractivity contribution >= 4 is 23.1 Å². The molecule has 0 aliphatic rings. The Hall–Kier alpha value is -0.830. The number of hydrogen-bond acceptors (Lipinski definition) is 3. The average Bonchev–Trinajstić information content (AvgIpc) is 2.18. The van der Waals surface area contributed by atoms with E-state index in [1.807, 2.05) is 30.0 Å². The van der Waals surface area contributed by atoms with E-state index in [2.05, 4.69) is 24.9 Å². The first-order valence-electron chi connectivity index (χ1n) is 4.89. The molecule has 1 aromatic carbocycles. The predicted octanol–water partition coefficient (Wildman–Crippen LogP) is 2.46. The number of para-hydroxylation sites is 2. The van der Waals surface area contributed by atoms with E-state index >= 15 is 0 Å². The highest BCUT2D eigenvalue weighted by molar-refractivity contribution is 7.99. The minimum Gasteiger partial charge on any atom is -0.397 e. The van der Waals surface area contributed by atoms with Gasteiger partial charge in [0.25, 0.3) is 0 Å². The summed E-state index contributed by atoms with van der Waals surface area (Å²) >= 11 is 1.95. The van der Waals surface area contributed by atoms with E-state index in [1.54, 1.807) is 0 Å². The molecule has 3 heteroatoms. The molecule has 0 aromatic heterocycles. The normalized spacial score (nSPS) is 10.1. The van der Waals surface area contributed by atoms with E-state index in [-0.39, 0.29) is 0 Å². The van der Waals surface area contributed by atoms with Crippen molar-refractivity contribution in [2.45, 2.75) is 6.92 Å². The van der Waals surface area contributed by atoms with Crippen molar-refractivity contribution in [1.29, 1.82) is 0 Å². The van der Waals surface area contributed by atoms with Gasteiger partial charge in [-0.25, -0.2) is 0 Å². The van der Waals surface area contributed by atoms with Crippen molar-refractivity contribution in [1.82, 2.24) is 0 Å². The highest BCUT2D eigenvalue weighted by Crippen LogP contribution is 2.20. The number of thioether (sulfide) groups is 1. The van der Waals surface area contributed by atoms with Crippen LogP contribution in [0.5, 0.6) is 0 Å². The van der Waals surface area contributed by atoms with Gasteiger partial charge in [0, 0.05) is 19.3 Å². The lowest BCUT2D eigenvalue weighted by Crippen LogP contribution is -2.21. The predicted molar refractivity (Wildman–Crippen MR) is 67.1 cm³/mol. The monoisotopic (exact) mass is 210 g/mol. The highest BCUT2D eigenvalue weighted by Gasteiger charge is 2.02. The smallest absolute Gasteiger partial charge is 0.0597 e. The molecule has 0 radical (unpaired) electrons. The van der Waals surface area contributed by atoms with Crippen LogP contribution in [-0.2, 0) is 0 Å². The second-order valence-electron chi connectivity index (χ2n) is 3.18. The van der Waals surface area contributed by atoms with Gasteiger partial charge in [-0.3, -0.25) is 0 Å². The fraction of sp³-hybridized carbons (Fsp3) is 0.455. The summed E-state index contributed by atoms with van der Waals surface area (Å²) in [5.41, 5.74) is 7.86. The fourth-order valence-corrected chi connectivity index (χ4v) is 1.99. The minimum absolute atomic E-state index is 0.858. The van der Waals surface area contributed by atoms with Crippen molar-refractivity contribution in [2.75, 3.05) is 35.7 Å². The highest BCUT2D eigenvalue weighted by atomic mass is 32.2. The van der Waals surface area contributed by atoms with E-state index in [0.717, 1.165) is 23.7 Å². The summed E-state index contributed by atoms with van der Waals surface area (Å²) in [4.78, 5) is 2.21. The van der Waals surface area contributed by atoms with Gasteiger partial charge in [-0.15, -0.1) is 0 Å². The summed E-state index contributed by atoms with van der Waals surface area (Å²) < 4.78 is 0. The zero-order valence-corrected chi connectivity index (χ0v) is 9.68. The molecule has 0 atom stereocenters. The van der Waals surface area contributed by atoms with Crippen LogP contribution in [0.25, 0.3) is 0 Å². The van der Waals surface area contributed by atoms with Crippen molar-refractivity contribution in [3.63, 3.8) is 0 Å². The molecule has 2 N–H and O–H groups in total. The van der Waals surface area contributed by atoms with E-state index in [9.17, 15) is 0 Å². The number of nitrogens with zero attached hydrogens (tertiary/aromatic N) is 1. The summed E-state index contributed by atoms with van der Waals surface area (Å²) in [6.45, 7) is 3.23. The van der Waals surface area contributed by atoms with Crippen molar-refractivity contribution in [3.05, 3.63) is 24.3 Å². The van der Waals surface area contributed by atoms with Gasteiger partial charge in [0.05, 0.1) is 11.4 Å². The summed E-state index contributed by atoms with van der Waals surface area (Å²) in [5, 5.41) is 0. The first-order chi connectivity index (χ1) is 6.75. The fourth-order valence-electron chi connectivity index (χ4n) is 1.30. The van der Waals surface area contributed by atoms with Gasteiger partial charge < -0.3 is 10.6 Å². The van der Waals surface area contributed by atoms with Crippen LogP contribution in [0.3, 0.4) is 0 Å². The molecule has 0 unspecified atom stereocenters. The number of rotatable bonds is 5. The quantitative estimate of drug-likeness (QED) is 0.598. The summed E-state index contributed by atoms with van der Waals surface area (Å²) in [6, 6.07) is 7.99. The van der Waals surface area contributed by atoms with Crippen LogP contribution in [0.1, 0.15) is 6.92 Å². The van der Waals surface area contributed by atoms with Gasteiger partial charge >= 0.3 is 0 Å². The maximum atomic E-state index is 5.88. The maximum absolute atomic E-state index is 5.88. The summed E-state index contributed by atoms with van der Waals surface area (Å²) in [6.07, 6.45) is 0. The number of benzene rings is 1. The van der Waals surface area contributed by atoms with Crippen molar-refractivity contribution < 1.29 is 0 Å². The van der Waals surface area contributed by atoms with Gasteiger partial charge in [-0.2, -0.15) is 11.8 Å². The molecular formula is C11H18N2S. The third kappa shape index (κ3) is 3.14. The van der Waals surface area contributed by atoms with Gasteiger partial charge in [-0.05, 0) is 17.9 Å². The molecule has 0 saturated carbocycles. The van der Waals surface area contributed by atoms with Crippen LogP contribution in [-0.4, -0.2) is 25.1 Å². The molecule has 78 valence electrons. The molecule has 0 fully saturated rings. The molecule has 2 nitrogen and oxygen atoms in total. The van der Waals surface area contributed by atoms with Gasteiger partial charge in [0.15, 0.2) is 0 Å². The van der Waals surface area contributed by atoms with E-state index in [0.29, 0.717) is 0 Å². The second kappa shape index (κ2) is 5.81. The molecular weight excluding hydrogens is 192 g/mol. The van der Waals surface area contributed by atoms with E-state index < -0.39 is 0 Å². The lowest BCUT2D eigenvalue weighted by Gasteiger charge is -2.20. The maximum Gasteiger partial charge on any atom is 0.0597 e. The molecule has 0 saturated heterocycles. The Morgan fingerprint density at radius 1 is 1.36 bits per heavy atom. The molecule has 1 aromatic rings. The Morgan fingerprint density at radius 3 is 2.71 bits per heavy atom. The average molecular weight is 210 g/mol. The summed E-state index contributed by atoms with van der Waals surface area (Å²) in [7, 11) is 2.09. The van der Waals surface area contributed by atoms with E-state index in [1.165, 1.54) is 5.75 Å². The molecule has 14 heavy (non-hydrogen) atoms. The Balaban J connectivity index is 2.51. The molecule has 0 aliphatic carbocycles. The van der Waals surface area contributed by atoms with E-state index in [4.69, 9.17) is 5.73 Å². The van der Waals surface area contributed by atoms with Gasteiger partial charge in [0.2, 0.25) is 0 Å². The molecule has 0 spiro atoms. The second-order valence-corrected chi connectivity index (χ2v) is 4.57. The largest absolute Gasteiger partial charge is 0.397 e. The third-order valence-electron chi connectivity index (χ3n) is 2.12. The first-order valence-corrected chi connectivity index (χ1v) is 6.04. The minimum atomic E-state index is 0.858. The van der Waals surface area contributed by atoms with Crippen LogP contribution in [0.2, 0.25) is 0 Å². The third-order valence-corrected chi connectivity index (χ3v) is 3.00. The number of hydrogen-bond donors (Lipinski definition) is 1. The topological polar surface area (TPSA) is 29.3 Å². The van der Waals surface area contributed by atoms with Crippen LogP contribution in [0.15, 0.2) is 24.3 Å². The van der Waals surface area contributed by atoms with Crippen LogP contribution in [0, 0.1) is 0 Å². The van der Waals surface area contributed by atoms with Gasteiger partial charge in [0.1, 0.15) is 0 Å². The zero-order chi connectivity index (χ0) is 10.4. The lowest BCUT2D eigenvalue weighted by molar-refractivity contribution is 0.979. The first kappa shape index (κ1) is 11.2. The molecule has 0 heterocycles. The molecule has 0 aliphatic heterocycles. The van der Waals surface area contributed by atoms with Crippen LogP contribution >= 0.6 is 11.8 Å². The standard InChI is InChI=1S/C11H18N2S/c1-3-14-9-8-13(2)11-7-5-4-6-10(11)12/h4-7H,3,8-9,12H2,1-2H3. The Labute approximate surface area is 90.5 Å².